The molecule has 0 heterocycles. The van der Waals surface area contributed by atoms with Crippen molar-refractivity contribution in [3.63, 3.8) is 0 Å². The first-order valence-corrected chi connectivity index (χ1v) is 6.44. The normalized spacial score (nSPS) is 10.5. The van der Waals surface area contributed by atoms with Gasteiger partial charge in [0.05, 0.1) is 0 Å². The second-order valence-electron chi connectivity index (χ2n) is 3.59. The minimum atomic E-state index is -0.262. The summed E-state index contributed by atoms with van der Waals surface area (Å²) in [6.45, 7) is 0. The van der Waals surface area contributed by atoms with E-state index in [9.17, 15) is 4.39 Å². The van der Waals surface area contributed by atoms with E-state index in [1.54, 1.807) is 17.8 Å². The summed E-state index contributed by atoms with van der Waals surface area (Å²) in [6.07, 6.45) is 0. The van der Waals surface area contributed by atoms with Gasteiger partial charge < -0.3 is 5.73 Å². The second kappa shape index (κ2) is 5.43. The monoisotopic (exact) mass is 267 g/mol. The Labute approximate surface area is 109 Å². The zero-order valence-corrected chi connectivity index (χ0v) is 10.6. The van der Waals surface area contributed by atoms with Crippen LogP contribution in [-0.2, 0) is 5.75 Å². The topological polar surface area (TPSA) is 26.0 Å². The molecule has 1 nitrogen and oxygen atoms in total. The van der Waals surface area contributed by atoms with Crippen LogP contribution in [0.25, 0.3) is 0 Å². The number of rotatable bonds is 3. The summed E-state index contributed by atoms with van der Waals surface area (Å²) in [5.41, 5.74) is 7.13. The van der Waals surface area contributed by atoms with E-state index in [1.165, 1.54) is 12.1 Å². The molecule has 0 aromatic heterocycles. The third-order valence-corrected chi connectivity index (χ3v) is 3.71. The number of hydrogen-bond acceptors (Lipinski definition) is 2. The first kappa shape index (κ1) is 12.3. The Balaban J connectivity index is 2.07. The van der Waals surface area contributed by atoms with E-state index in [0.717, 1.165) is 16.1 Å². The molecule has 0 radical (unpaired) electrons. The summed E-state index contributed by atoms with van der Waals surface area (Å²) in [4.78, 5) is 1.08. The highest BCUT2D eigenvalue weighted by Crippen LogP contribution is 2.27. The molecule has 0 atom stereocenters. The molecule has 0 spiro atoms. The molecule has 4 heteroatoms. The lowest BCUT2D eigenvalue weighted by molar-refractivity contribution is 0.626. The summed E-state index contributed by atoms with van der Waals surface area (Å²) in [5.74, 6) is 0.378. The van der Waals surface area contributed by atoms with Crippen LogP contribution >= 0.6 is 23.4 Å². The maximum absolute atomic E-state index is 13.0. The molecule has 2 rings (SSSR count). The van der Waals surface area contributed by atoms with Gasteiger partial charge in [0, 0.05) is 21.4 Å². The number of thioether (sulfide) groups is 1. The molecule has 0 aliphatic rings. The van der Waals surface area contributed by atoms with Crippen molar-refractivity contribution in [1.82, 2.24) is 0 Å². The minimum absolute atomic E-state index is 0.262. The summed E-state index contributed by atoms with van der Waals surface area (Å²) in [6, 6.07) is 12.0. The van der Waals surface area contributed by atoms with Crippen LogP contribution in [0, 0.1) is 5.82 Å². The number of halogens is 2. The van der Waals surface area contributed by atoms with Gasteiger partial charge in [0.25, 0.3) is 0 Å². The van der Waals surface area contributed by atoms with Crippen molar-refractivity contribution < 1.29 is 4.39 Å². The van der Waals surface area contributed by atoms with Gasteiger partial charge >= 0.3 is 0 Å². The molecule has 0 saturated carbocycles. The Hall–Kier alpha value is -1.19. The molecule has 0 fully saturated rings. The van der Waals surface area contributed by atoms with Gasteiger partial charge in [0.2, 0.25) is 0 Å². The van der Waals surface area contributed by atoms with E-state index in [4.69, 9.17) is 17.3 Å². The van der Waals surface area contributed by atoms with Gasteiger partial charge in [-0.3, -0.25) is 0 Å². The van der Waals surface area contributed by atoms with Crippen molar-refractivity contribution >= 4 is 29.1 Å². The number of nitrogens with two attached hydrogens (primary N) is 1. The Morgan fingerprint density at radius 1 is 1.12 bits per heavy atom. The molecule has 88 valence electrons. The molecule has 0 aliphatic carbocycles. The Morgan fingerprint density at radius 3 is 2.53 bits per heavy atom. The molecule has 2 aromatic carbocycles. The Morgan fingerprint density at radius 2 is 1.82 bits per heavy atom. The average Bonchev–Trinajstić information content (AvgIpc) is 2.32. The van der Waals surface area contributed by atoms with E-state index in [2.05, 4.69) is 0 Å². The van der Waals surface area contributed by atoms with E-state index in [-0.39, 0.29) is 5.82 Å². The molecule has 0 unspecified atom stereocenters. The van der Waals surface area contributed by atoms with Crippen LogP contribution in [0.3, 0.4) is 0 Å². The lowest BCUT2D eigenvalue weighted by atomic mass is 10.2. The van der Waals surface area contributed by atoms with E-state index in [0.29, 0.717) is 10.8 Å². The van der Waals surface area contributed by atoms with Crippen molar-refractivity contribution in [2.45, 2.75) is 10.6 Å². The molecular formula is C13H11ClFNS. The SMILES string of the molecule is Nc1ccc(SCc2cc(F)ccc2Cl)cc1. The van der Waals surface area contributed by atoms with Crippen molar-refractivity contribution in [2.24, 2.45) is 0 Å². The van der Waals surface area contributed by atoms with Crippen molar-refractivity contribution in [3.05, 3.63) is 58.9 Å². The molecule has 0 saturated heterocycles. The summed E-state index contributed by atoms with van der Waals surface area (Å²) in [5, 5.41) is 0.592. The fourth-order valence-electron chi connectivity index (χ4n) is 1.38. The van der Waals surface area contributed by atoms with Gasteiger partial charge in [0.15, 0.2) is 0 Å². The van der Waals surface area contributed by atoms with Gasteiger partial charge in [-0.25, -0.2) is 4.39 Å². The van der Waals surface area contributed by atoms with Crippen LogP contribution in [-0.4, -0.2) is 0 Å². The van der Waals surface area contributed by atoms with Gasteiger partial charge in [-0.1, -0.05) is 11.6 Å². The van der Waals surface area contributed by atoms with Crippen LogP contribution in [0.15, 0.2) is 47.4 Å². The van der Waals surface area contributed by atoms with Crippen LogP contribution in [0.5, 0.6) is 0 Å². The highest BCUT2D eigenvalue weighted by Gasteiger charge is 2.03. The van der Waals surface area contributed by atoms with E-state index < -0.39 is 0 Å². The standard InChI is InChI=1S/C13H11ClFNS/c14-13-6-1-10(15)7-9(13)8-17-12-4-2-11(16)3-5-12/h1-7H,8,16H2. The summed E-state index contributed by atoms with van der Waals surface area (Å²) < 4.78 is 13.0. The molecular weight excluding hydrogens is 257 g/mol. The van der Waals surface area contributed by atoms with E-state index in [1.807, 2.05) is 24.3 Å². The van der Waals surface area contributed by atoms with Gasteiger partial charge in [-0.2, -0.15) is 0 Å². The third kappa shape index (κ3) is 3.38. The molecule has 0 bridgehead atoms. The van der Waals surface area contributed by atoms with Crippen LogP contribution < -0.4 is 5.73 Å². The smallest absolute Gasteiger partial charge is 0.123 e. The lowest BCUT2D eigenvalue weighted by Crippen LogP contribution is -1.86. The number of hydrogen-bond donors (Lipinski definition) is 1. The molecule has 0 amide bonds. The highest BCUT2D eigenvalue weighted by atomic mass is 35.5. The first-order chi connectivity index (χ1) is 8.15. The second-order valence-corrected chi connectivity index (χ2v) is 5.05. The van der Waals surface area contributed by atoms with Gasteiger partial charge in [-0.15, -0.1) is 11.8 Å². The number of nitrogen functional groups attached to an aromatic ring is 1. The average molecular weight is 268 g/mol. The zero-order valence-electron chi connectivity index (χ0n) is 8.99. The predicted octanol–water partition coefficient (Wildman–Crippen LogP) is 4.35. The number of benzene rings is 2. The predicted molar refractivity (Wildman–Crippen MR) is 71.8 cm³/mol. The summed E-state index contributed by atoms with van der Waals surface area (Å²) >= 11 is 7.59. The highest BCUT2D eigenvalue weighted by molar-refractivity contribution is 7.98. The molecule has 2 aromatic rings. The van der Waals surface area contributed by atoms with Crippen LogP contribution in [0.1, 0.15) is 5.56 Å². The van der Waals surface area contributed by atoms with Crippen LogP contribution in [0.4, 0.5) is 10.1 Å². The third-order valence-electron chi connectivity index (χ3n) is 2.28. The van der Waals surface area contributed by atoms with Crippen molar-refractivity contribution in [1.29, 1.82) is 0 Å². The zero-order chi connectivity index (χ0) is 12.3. The van der Waals surface area contributed by atoms with Gasteiger partial charge in [0.1, 0.15) is 5.82 Å². The minimum Gasteiger partial charge on any atom is -0.399 e. The van der Waals surface area contributed by atoms with E-state index >= 15 is 0 Å². The molecule has 0 aliphatic heterocycles. The molecule has 17 heavy (non-hydrogen) atoms. The maximum Gasteiger partial charge on any atom is 0.123 e. The Bertz CT molecular complexity index is 513. The lowest BCUT2D eigenvalue weighted by Gasteiger charge is -2.05. The van der Waals surface area contributed by atoms with Crippen molar-refractivity contribution in [3.8, 4) is 0 Å². The Kier molecular flexibility index (Phi) is 3.92. The number of anilines is 1. The van der Waals surface area contributed by atoms with Crippen molar-refractivity contribution in [2.75, 3.05) is 5.73 Å². The largest absolute Gasteiger partial charge is 0.399 e. The van der Waals surface area contributed by atoms with Crippen LogP contribution in [0.2, 0.25) is 5.02 Å². The molecule has 2 N–H and O–H groups in total. The summed E-state index contributed by atoms with van der Waals surface area (Å²) in [7, 11) is 0. The fraction of sp³-hybridized carbons (Fsp3) is 0.0769. The van der Waals surface area contributed by atoms with Gasteiger partial charge in [-0.05, 0) is 48.0 Å². The first-order valence-electron chi connectivity index (χ1n) is 5.07. The quantitative estimate of drug-likeness (QED) is 0.661. The fourth-order valence-corrected chi connectivity index (χ4v) is 2.53. The maximum atomic E-state index is 13.0.